The molecule has 1 unspecified atom stereocenters. The van der Waals surface area contributed by atoms with Gasteiger partial charge in [-0.05, 0) is 51.0 Å². The molecule has 114 valence electrons. The molecule has 1 rings (SSSR count). The number of hydrogen-bond acceptors (Lipinski definition) is 3. The highest BCUT2D eigenvalue weighted by atomic mass is 35.5. The third kappa shape index (κ3) is 5.80. The van der Waals surface area contributed by atoms with E-state index < -0.39 is 6.04 Å². The molecule has 0 aliphatic rings. The Hall–Kier alpha value is -1.26. The van der Waals surface area contributed by atoms with Crippen LogP contribution in [0, 0.1) is 6.92 Å². The summed E-state index contributed by atoms with van der Waals surface area (Å²) < 4.78 is 5.65. The predicted molar refractivity (Wildman–Crippen MR) is 85.7 cm³/mol. The first-order chi connectivity index (χ1) is 8.93. The molecule has 0 radical (unpaired) electrons. The number of amides is 1. The van der Waals surface area contributed by atoms with Crippen molar-refractivity contribution in [3.05, 3.63) is 23.8 Å². The fourth-order valence-electron chi connectivity index (χ4n) is 1.79. The lowest BCUT2D eigenvalue weighted by atomic mass is 10.1. The van der Waals surface area contributed by atoms with Crippen LogP contribution in [0.5, 0.6) is 5.75 Å². The molecule has 1 amide bonds. The molecule has 4 nitrogen and oxygen atoms in total. The standard InChI is InChI=1S/C15H24N2O2.ClH/c1-5-6-13(16)15(18)17-12-7-8-14(11(4)9-12)19-10(2)3;/h7-10,13H,5-6,16H2,1-4H3,(H,17,18);1H. The highest BCUT2D eigenvalue weighted by Gasteiger charge is 2.13. The summed E-state index contributed by atoms with van der Waals surface area (Å²) in [5, 5.41) is 2.83. The molecule has 3 N–H and O–H groups in total. The van der Waals surface area contributed by atoms with Gasteiger partial charge in [-0.3, -0.25) is 4.79 Å². The van der Waals surface area contributed by atoms with Crippen molar-refractivity contribution in [3.63, 3.8) is 0 Å². The predicted octanol–water partition coefficient (Wildman–Crippen LogP) is 3.27. The van der Waals surface area contributed by atoms with E-state index in [-0.39, 0.29) is 24.4 Å². The normalized spacial score (nSPS) is 11.7. The molecule has 0 saturated carbocycles. The summed E-state index contributed by atoms with van der Waals surface area (Å²) in [6.45, 7) is 7.94. The van der Waals surface area contributed by atoms with Gasteiger partial charge in [0, 0.05) is 5.69 Å². The second-order valence-electron chi connectivity index (χ2n) is 5.03. The summed E-state index contributed by atoms with van der Waals surface area (Å²) in [5.74, 6) is 0.699. The summed E-state index contributed by atoms with van der Waals surface area (Å²) in [6.07, 6.45) is 1.73. The van der Waals surface area contributed by atoms with Crippen LogP contribution >= 0.6 is 12.4 Å². The van der Waals surface area contributed by atoms with E-state index in [9.17, 15) is 4.79 Å². The molecule has 0 spiro atoms. The Labute approximate surface area is 127 Å². The molecular weight excluding hydrogens is 276 g/mol. The third-order valence-corrected chi connectivity index (χ3v) is 2.74. The minimum Gasteiger partial charge on any atom is -0.491 e. The molecule has 0 fully saturated rings. The van der Waals surface area contributed by atoms with Gasteiger partial charge in [-0.1, -0.05) is 13.3 Å². The minimum atomic E-state index is -0.447. The Bertz CT molecular complexity index is 436. The number of halogens is 1. The monoisotopic (exact) mass is 300 g/mol. The van der Waals surface area contributed by atoms with Gasteiger partial charge in [-0.25, -0.2) is 0 Å². The Morgan fingerprint density at radius 3 is 2.55 bits per heavy atom. The SMILES string of the molecule is CCCC(N)C(=O)Nc1ccc(OC(C)C)c(C)c1.Cl. The molecule has 0 heterocycles. The number of nitrogens with one attached hydrogen (secondary N) is 1. The van der Waals surface area contributed by atoms with Gasteiger partial charge >= 0.3 is 0 Å². The average Bonchev–Trinajstić information content (AvgIpc) is 2.32. The zero-order chi connectivity index (χ0) is 14.4. The second kappa shape index (κ2) is 8.82. The number of benzene rings is 1. The van der Waals surface area contributed by atoms with Crippen LogP contribution in [0.4, 0.5) is 5.69 Å². The molecule has 0 saturated heterocycles. The molecule has 0 aliphatic heterocycles. The summed E-state index contributed by atoms with van der Waals surface area (Å²) >= 11 is 0. The lowest BCUT2D eigenvalue weighted by Crippen LogP contribution is -2.35. The van der Waals surface area contributed by atoms with Crippen LogP contribution in [0.15, 0.2) is 18.2 Å². The highest BCUT2D eigenvalue weighted by molar-refractivity contribution is 5.94. The van der Waals surface area contributed by atoms with Crippen LogP contribution in [-0.4, -0.2) is 18.1 Å². The topological polar surface area (TPSA) is 64.4 Å². The lowest BCUT2D eigenvalue weighted by molar-refractivity contribution is -0.117. The highest BCUT2D eigenvalue weighted by Crippen LogP contribution is 2.23. The summed E-state index contributed by atoms with van der Waals surface area (Å²) in [6, 6.07) is 5.16. The van der Waals surface area contributed by atoms with Crippen molar-refractivity contribution in [3.8, 4) is 5.75 Å². The lowest BCUT2D eigenvalue weighted by Gasteiger charge is -2.15. The second-order valence-corrected chi connectivity index (χ2v) is 5.03. The number of anilines is 1. The van der Waals surface area contributed by atoms with Crippen LogP contribution in [0.3, 0.4) is 0 Å². The molecule has 1 aromatic rings. The Morgan fingerprint density at radius 1 is 1.40 bits per heavy atom. The minimum absolute atomic E-state index is 0. The van der Waals surface area contributed by atoms with Crippen molar-refractivity contribution in [2.45, 2.75) is 52.7 Å². The maximum atomic E-state index is 11.8. The van der Waals surface area contributed by atoms with Gasteiger partial charge in [0.1, 0.15) is 5.75 Å². The number of ether oxygens (including phenoxy) is 1. The van der Waals surface area contributed by atoms with Crippen LogP contribution in [-0.2, 0) is 4.79 Å². The summed E-state index contributed by atoms with van der Waals surface area (Å²) in [4.78, 5) is 11.8. The maximum Gasteiger partial charge on any atom is 0.241 e. The molecule has 0 aliphatic carbocycles. The Morgan fingerprint density at radius 2 is 2.05 bits per heavy atom. The molecule has 5 heteroatoms. The van der Waals surface area contributed by atoms with E-state index in [1.807, 2.05) is 45.9 Å². The zero-order valence-electron chi connectivity index (χ0n) is 12.6. The maximum absolute atomic E-state index is 11.8. The number of aryl methyl sites for hydroxylation is 1. The van der Waals surface area contributed by atoms with Crippen LogP contribution in [0.2, 0.25) is 0 Å². The first-order valence-corrected chi connectivity index (χ1v) is 6.77. The molecule has 0 aromatic heterocycles. The van der Waals surface area contributed by atoms with Crippen LogP contribution in [0.1, 0.15) is 39.2 Å². The van der Waals surface area contributed by atoms with Gasteiger partial charge in [0.05, 0.1) is 12.1 Å². The van der Waals surface area contributed by atoms with E-state index in [0.717, 1.165) is 23.4 Å². The van der Waals surface area contributed by atoms with E-state index in [4.69, 9.17) is 10.5 Å². The van der Waals surface area contributed by atoms with Crippen molar-refractivity contribution in [1.29, 1.82) is 0 Å². The van der Waals surface area contributed by atoms with Crippen LogP contribution in [0.25, 0.3) is 0 Å². The fraction of sp³-hybridized carbons (Fsp3) is 0.533. The van der Waals surface area contributed by atoms with Gasteiger partial charge in [-0.2, -0.15) is 0 Å². The number of rotatable bonds is 6. The van der Waals surface area contributed by atoms with Gasteiger partial charge in [0.25, 0.3) is 0 Å². The molecule has 1 atom stereocenters. The first-order valence-electron chi connectivity index (χ1n) is 6.77. The van der Waals surface area contributed by atoms with E-state index >= 15 is 0 Å². The van der Waals surface area contributed by atoms with E-state index in [2.05, 4.69) is 5.32 Å². The Kier molecular flexibility index (Phi) is 8.26. The third-order valence-electron chi connectivity index (χ3n) is 2.74. The summed E-state index contributed by atoms with van der Waals surface area (Å²) in [5.41, 5.74) is 7.52. The van der Waals surface area contributed by atoms with Crippen LogP contribution < -0.4 is 15.8 Å². The molecule has 0 bridgehead atoms. The molecular formula is C15H25ClN2O2. The first kappa shape index (κ1) is 18.7. The van der Waals surface area contributed by atoms with Crippen molar-refractivity contribution in [2.24, 2.45) is 5.73 Å². The Balaban J connectivity index is 0.00000361. The quantitative estimate of drug-likeness (QED) is 0.847. The number of carbonyl (C=O) groups excluding carboxylic acids is 1. The van der Waals surface area contributed by atoms with Crippen molar-refractivity contribution in [1.82, 2.24) is 0 Å². The van der Waals surface area contributed by atoms with E-state index in [1.54, 1.807) is 0 Å². The molecule has 20 heavy (non-hydrogen) atoms. The van der Waals surface area contributed by atoms with Gasteiger partial charge in [0.2, 0.25) is 5.91 Å². The molecule has 1 aromatic carbocycles. The average molecular weight is 301 g/mol. The number of nitrogens with two attached hydrogens (primary N) is 1. The summed E-state index contributed by atoms with van der Waals surface area (Å²) in [7, 11) is 0. The van der Waals surface area contributed by atoms with Gasteiger partial charge < -0.3 is 15.8 Å². The largest absolute Gasteiger partial charge is 0.491 e. The van der Waals surface area contributed by atoms with E-state index in [0.29, 0.717) is 6.42 Å². The number of hydrogen-bond donors (Lipinski definition) is 2. The smallest absolute Gasteiger partial charge is 0.241 e. The van der Waals surface area contributed by atoms with Gasteiger partial charge in [0.15, 0.2) is 0 Å². The van der Waals surface area contributed by atoms with Gasteiger partial charge in [-0.15, -0.1) is 12.4 Å². The van der Waals surface area contributed by atoms with Crippen molar-refractivity contribution in [2.75, 3.05) is 5.32 Å². The van der Waals surface area contributed by atoms with Crippen molar-refractivity contribution < 1.29 is 9.53 Å². The fourth-order valence-corrected chi connectivity index (χ4v) is 1.79. The number of carbonyl (C=O) groups is 1. The van der Waals surface area contributed by atoms with E-state index in [1.165, 1.54) is 0 Å². The zero-order valence-corrected chi connectivity index (χ0v) is 13.4. The van der Waals surface area contributed by atoms with Crippen molar-refractivity contribution >= 4 is 24.0 Å².